The van der Waals surface area contributed by atoms with Crippen LogP contribution in [-0.2, 0) is 6.42 Å². The second kappa shape index (κ2) is 6.79. The molecule has 0 aliphatic heterocycles. The summed E-state index contributed by atoms with van der Waals surface area (Å²) in [6.45, 7) is 4.81. The van der Waals surface area contributed by atoms with Gasteiger partial charge in [0.1, 0.15) is 22.1 Å². The van der Waals surface area contributed by atoms with Gasteiger partial charge in [-0.1, -0.05) is 13.0 Å². The number of anilines is 2. The minimum atomic E-state index is -0.247. The summed E-state index contributed by atoms with van der Waals surface area (Å²) in [7, 11) is 0. The van der Waals surface area contributed by atoms with Gasteiger partial charge in [0, 0.05) is 24.7 Å². The van der Waals surface area contributed by atoms with E-state index in [0.29, 0.717) is 6.54 Å². The molecule has 1 aromatic carbocycles. The number of hydrogen-bond donors (Lipinski definition) is 0. The summed E-state index contributed by atoms with van der Waals surface area (Å²) in [6.07, 6.45) is 1.81. The van der Waals surface area contributed by atoms with Crippen LogP contribution in [0, 0.1) is 5.82 Å². The Hall–Kier alpha value is -1.49. The lowest BCUT2D eigenvalue weighted by Gasteiger charge is -2.22. The van der Waals surface area contributed by atoms with Crippen molar-refractivity contribution in [2.75, 3.05) is 11.4 Å². The number of benzene rings is 1. The molecule has 0 spiro atoms. The lowest BCUT2D eigenvalue weighted by atomic mass is 10.2. The monoisotopic (exact) mass is 337 g/mol. The minimum absolute atomic E-state index is 0.247. The van der Waals surface area contributed by atoms with E-state index < -0.39 is 0 Å². The number of hydrogen-bond acceptors (Lipinski definition) is 3. The minimum Gasteiger partial charge on any atom is -0.326 e. The first-order chi connectivity index (χ1) is 9.63. The highest BCUT2D eigenvalue weighted by Crippen LogP contribution is 2.26. The third kappa shape index (κ3) is 3.54. The van der Waals surface area contributed by atoms with Gasteiger partial charge in [0.15, 0.2) is 0 Å². The lowest BCUT2D eigenvalue weighted by molar-refractivity contribution is 0.627. The molecule has 0 saturated heterocycles. The molecule has 1 aromatic heterocycles. The molecule has 0 bridgehead atoms. The molecule has 0 amide bonds. The van der Waals surface area contributed by atoms with Crippen molar-refractivity contribution in [3.05, 3.63) is 46.6 Å². The molecule has 3 nitrogen and oxygen atoms in total. The van der Waals surface area contributed by atoms with Gasteiger partial charge >= 0.3 is 0 Å². The summed E-state index contributed by atoms with van der Waals surface area (Å²) in [4.78, 5) is 10.9. The maximum atomic E-state index is 13.4. The van der Waals surface area contributed by atoms with Crippen LogP contribution in [0.4, 0.5) is 15.9 Å². The average molecular weight is 338 g/mol. The van der Waals surface area contributed by atoms with Crippen molar-refractivity contribution in [3.63, 3.8) is 0 Å². The van der Waals surface area contributed by atoms with Crippen LogP contribution in [0.2, 0.25) is 0 Å². The van der Waals surface area contributed by atoms with E-state index in [1.54, 1.807) is 6.07 Å². The van der Waals surface area contributed by atoms with Crippen molar-refractivity contribution in [2.24, 2.45) is 0 Å². The van der Waals surface area contributed by atoms with E-state index in [-0.39, 0.29) is 5.82 Å². The molecule has 0 radical (unpaired) electrons. The van der Waals surface area contributed by atoms with Crippen molar-refractivity contribution in [2.45, 2.75) is 26.7 Å². The second-order valence-corrected chi connectivity index (χ2v) is 5.25. The zero-order valence-electron chi connectivity index (χ0n) is 11.6. The van der Waals surface area contributed by atoms with Gasteiger partial charge in [0.2, 0.25) is 0 Å². The van der Waals surface area contributed by atoms with Crippen LogP contribution >= 0.6 is 15.9 Å². The number of aryl methyl sites for hydroxylation is 1. The number of halogens is 2. The van der Waals surface area contributed by atoms with Gasteiger partial charge in [0.05, 0.1) is 0 Å². The van der Waals surface area contributed by atoms with Gasteiger partial charge in [-0.15, -0.1) is 0 Å². The molecule has 106 valence electrons. The first-order valence-electron chi connectivity index (χ1n) is 6.70. The summed E-state index contributed by atoms with van der Waals surface area (Å²) in [6, 6.07) is 8.39. The molecule has 0 atom stereocenters. The quantitative estimate of drug-likeness (QED) is 0.752. The van der Waals surface area contributed by atoms with Gasteiger partial charge < -0.3 is 4.90 Å². The maximum Gasteiger partial charge on any atom is 0.137 e. The third-order valence-corrected chi connectivity index (χ3v) is 3.32. The van der Waals surface area contributed by atoms with Crippen molar-refractivity contribution in [1.29, 1.82) is 0 Å². The summed E-state index contributed by atoms with van der Waals surface area (Å²) in [5.41, 5.74) is 0.792. The van der Waals surface area contributed by atoms with Gasteiger partial charge in [-0.25, -0.2) is 14.4 Å². The fourth-order valence-corrected chi connectivity index (χ4v) is 2.46. The molecular formula is C15H17BrFN3. The van der Waals surface area contributed by atoms with E-state index in [1.165, 1.54) is 12.1 Å². The van der Waals surface area contributed by atoms with Crippen LogP contribution in [0.5, 0.6) is 0 Å². The number of rotatable bonds is 5. The van der Waals surface area contributed by atoms with Crippen LogP contribution in [0.25, 0.3) is 0 Å². The second-order valence-electron chi connectivity index (χ2n) is 4.44. The molecule has 0 saturated carbocycles. The SMILES string of the molecule is CCCc1nc(Br)cc(N(CC)c2cccc(F)c2)n1. The lowest BCUT2D eigenvalue weighted by Crippen LogP contribution is -2.18. The normalized spacial score (nSPS) is 10.6. The van der Waals surface area contributed by atoms with E-state index in [0.717, 1.165) is 34.8 Å². The van der Waals surface area contributed by atoms with E-state index in [9.17, 15) is 4.39 Å². The molecule has 1 heterocycles. The maximum absolute atomic E-state index is 13.4. The predicted molar refractivity (Wildman–Crippen MR) is 82.8 cm³/mol. The topological polar surface area (TPSA) is 29.0 Å². The Balaban J connectivity index is 2.41. The highest BCUT2D eigenvalue weighted by atomic mass is 79.9. The molecule has 0 N–H and O–H groups in total. The number of nitrogens with zero attached hydrogens (tertiary/aromatic N) is 3. The standard InChI is InChI=1S/C15H17BrFN3/c1-3-6-14-18-13(16)10-15(19-14)20(4-2)12-8-5-7-11(17)9-12/h5,7-10H,3-4,6H2,1-2H3. The van der Waals surface area contributed by atoms with Gasteiger partial charge in [-0.3, -0.25) is 0 Å². The van der Waals surface area contributed by atoms with E-state index >= 15 is 0 Å². The third-order valence-electron chi connectivity index (χ3n) is 2.91. The number of aromatic nitrogens is 2. The molecular weight excluding hydrogens is 321 g/mol. The molecule has 0 aliphatic carbocycles. The average Bonchev–Trinajstić information content (AvgIpc) is 2.39. The van der Waals surface area contributed by atoms with E-state index in [2.05, 4.69) is 32.8 Å². The zero-order chi connectivity index (χ0) is 14.5. The molecule has 5 heteroatoms. The fourth-order valence-electron chi connectivity index (χ4n) is 2.05. The first kappa shape index (κ1) is 14.9. The van der Waals surface area contributed by atoms with Crippen molar-refractivity contribution in [1.82, 2.24) is 9.97 Å². The van der Waals surface area contributed by atoms with Gasteiger partial charge in [-0.05, 0) is 47.5 Å². The molecule has 0 fully saturated rings. The van der Waals surface area contributed by atoms with Gasteiger partial charge in [0.25, 0.3) is 0 Å². The van der Waals surface area contributed by atoms with Crippen molar-refractivity contribution in [3.8, 4) is 0 Å². The summed E-state index contributed by atoms with van der Waals surface area (Å²) >= 11 is 3.42. The van der Waals surface area contributed by atoms with E-state index in [4.69, 9.17) is 0 Å². The fraction of sp³-hybridized carbons (Fsp3) is 0.333. The summed E-state index contributed by atoms with van der Waals surface area (Å²) < 4.78 is 14.1. The Labute approximate surface area is 127 Å². The molecule has 2 aromatic rings. The molecule has 2 rings (SSSR count). The highest BCUT2D eigenvalue weighted by Gasteiger charge is 2.12. The van der Waals surface area contributed by atoms with Crippen LogP contribution in [0.15, 0.2) is 34.9 Å². The van der Waals surface area contributed by atoms with Crippen LogP contribution in [0.3, 0.4) is 0 Å². The Morgan fingerprint density at radius 3 is 2.65 bits per heavy atom. The molecule has 20 heavy (non-hydrogen) atoms. The highest BCUT2D eigenvalue weighted by molar-refractivity contribution is 9.10. The summed E-state index contributed by atoms with van der Waals surface area (Å²) in [5, 5.41) is 0. The Kier molecular flexibility index (Phi) is 5.06. The van der Waals surface area contributed by atoms with Crippen molar-refractivity contribution < 1.29 is 4.39 Å². The predicted octanol–water partition coefficient (Wildman–Crippen LogP) is 4.49. The van der Waals surface area contributed by atoms with Crippen LogP contribution in [-0.4, -0.2) is 16.5 Å². The zero-order valence-corrected chi connectivity index (χ0v) is 13.2. The molecule has 0 unspecified atom stereocenters. The Morgan fingerprint density at radius 1 is 1.20 bits per heavy atom. The Bertz CT molecular complexity index is 589. The summed E-state index contributed by atoms with van der Waals surface area (Å²) in [5.74, 6) is 1.33. The van der Waals surface area contributed by atoms with Crippen molar-refractivity contribution >= 4 is 27.4 Å². The van der Waals surface area contributed by atoms with Crippen LogP contribution in [0.1, 0.15) is 26.1 Å². The van der Waals surface area contributed by atoms with E-state index in [1.807, 2.05) is 24.0 Å². The molecule has 0 aliphatic rings. The van der Waals surface area contributed by atoms with Gasteiger partial charge in [-0.2, -0.15) is 0 Å². The smallest absolute Gasteiger partial charge is 0.137 e. The Morgan fingerprint density at radius 2 is 2.00 bits per heavy atom. The largest absolute Gasteiger partial charge is 0.326 e. The van der Waals surface area contributed by atoms with Crippen LogP contribution < -0.4 is 4.90 Å². The first-order valence-corrected chi connectivity index (χ1v) is 7.50.